The fourth-order valence-electron chi connectivity index (χ4n) is 0.643. The molecule has 0 rings (SSSR count). The molecule has 0 heterocycles. The summed E-state index contributed by atoms with van der Waals surface area (Å²) in [5.41, 5.74) is 0. The molecule has 0 bridgehead atoms. The summed E-state index contributed by atoms with van der Waals surface area (Å²) in [5, 5.41) is 0. The fourth-order valence-corrected chi connectivity index (χ4v) is 0.870. The Kier molecular flexibility index (Phi) is 18.2. The maximum absolute atomic E-state index is 9.77. The van der Waals surface area contributed by atoms with Gasteiger partial charge in [0.15, 0.2) is 0 Å². The van der Waals surface area contributed by atoms with Crippen molar-refractivity contribution < 1.29 is 49.9 Å². The van der Waals surface area contributed by atoms with Gasteiger partial charge >= 0.3 is 8.69 Å². The molecule has 0 saturated heterocycles. The van der Waals surface area contributed by atoms with Gasteiger partial charge in [0.05, 0.1) is 0 Å². The molecule has 0 N–H and O–H groups in total. The molecule has 0 aromatic heterocycles. The van der Waals surface area contributed by atoms with Crippen molar-refractivity contribution in [2.75, 3.05) is 6.61 Å². The summed E-state index contributed by atoms with van der Waals surface area (Å²) in [6, 6.07) is 0. The number of rotatable bonds is 6. The van der Waals surface area contributed by atoms with Crippen molar-refractivity contribution in [3.05, 3.63) is 0 Å². The molecular weight excluding hydrogens is 279 g/mol. The van der Waals surface area contributed by atoms with Gasteiger partial charge in [0.25, 0.3) is 0 Å². The monoisotopic (exact) mass is 291 g/mol. The maximum atomic E-state index is 9.77. The Bertz CT molecular complexity index is 70.8. The molecule has 0 aliphatic heterocycles. The van der Waals surface area contributed by atoms with E-state index in [9.17, 15) is 4.57 Å². The first-order chi connectivity index (χ1) is 4.41. The van der Waals surface area contributed by atoms with Crippen LogP contribution in [0, 0.1) is 40.8 Å². The summed E-state index contributed by atoms with van der Waals surface area (Å²) in [4.78, 5) is 0. The molecule has 0 amide bonds. The van der Waals surface area contributed by atoms with E-state index >= 15 is 0 Å². The SMILES string of the molecule is CCCCCCO[PH+]=O.[Nd]. The molecule has 0 aliphatic carbocycles. The summed E-state index contributed by atoms with van der Waals surface area (Å²) in [6.45, 7) is 2.82. The molecule has 0 saturated carbocycles. The van der Waals surface area contributed by atoms with Gasteiger partial charge in [-0.2, -0.15) is 0 Å². The van der Waals surface area contributed by atoms with Crippen LogP contribution in [0.2, 0.25) is 0 Å². The molecule has 0 aromatic carbocycles. The Balaban J connectivity index is 0. The van der Waals surface area contributed by atoms with Crippen LogP contribution in [0.3, 0.4) is 0 Å². The molecule has 0 aliphatic rings. The minimum Gasteiger partial charge on any atom is -0.148 e. The Hall–Kier alpha value is 1.41. The van der Waals surface area contributed by atoms with E-state index in [4.69, 9.17) is 0 Å². The first-order valence-corrected chi connectivity index (χ1v) is 4.22. The summed E-state index contributed by atoms with van der Waals surface area (Å²) in [6.07, 6.45) is 4.73. The fraction of sp³-hybridized carbons (Fsp3) is 1.00. The van der Waals surface area contributed by atoms with Gasteiger partial charge in [-0.3, -0.25) is 0 Å². The molecule has 10 heavy (non-hydrogen) atoms. The largest absolute Gasteiger partial charge is 0.494 e. The summed E-state index contributed by atoms with van der Waals surface area (Å²) in [5.74, 6) is 0. The van der Waals surface area contributed by atoms with Crippen molar-refractivity contribution in [3.8, 4) is 0 Å². The van der Waals surface area contributed by atoms with Crippen LogP contribution in [0.25, 0.3) is 0 Å². The summed E-state index contributed by atoms with van der Waals surface area (Å²) < 4.78 is 14.4. The first-order valence-electron chi connectivity index (χ1n) is 3.40. The van der Waals surface area contributed by atoms with Crippen LogP contribution >= 0.6 is 8.69 Å². The second kappa shape index (κ2) is 13.0. The standard InChI is InChI=1S/C6H14O2P.Nd/c1-2-3-4-5-6-8-9-7;/h9H,2-6H2,1H3;/q+1;. The van der Waals surface area contributed by atoms with Gasteiger partial charge in [0, 0.05) is 40.8 Å². The molecule has 1 atom stereocenters. The third kappa shape index (κ3) is 12.1. The molecule has 0 spiro atoms. The predicted octanol–water partition coefficient (Wildman–Crippen LogP) is 2.52. The van der Waals surface area contributed by atoms with Crippen LogP contribution in [0.5, 0.6) is 0 Å². The van der Waals surface area contributed by atoms with Crippen LogP contribution in [-0.2, 0) is 9.09 Å². The van der Waals surface area contributed by atoms with Gasteiger partial charge in [-0.1, -0.05) is 26.2 Å². The Morgan fingerprint density at radius 2 is 2.00 bits per heavy atom. The van der Waals surface area contributed by atoms with E-state index in [1.54, 1.807) is 0 Å². The van der Waals surface area contributed by atoms with Crippen molar-refractivity contribution in [1.82, 2.24) is 0 Å². The molecule has 0 fully saturated rings. The Labute approximate surface area is 96.9 Å². The van der Waals surface area contributed by atoms with Crippen molar-refractivity contribution in [1.29, 1.82) is 0 Å². The van der Waals surface area contributed by atoms with Gasteiger partial charge < -0.3 is 0 Å². The van der Waals surface area contributed by atoms with E-state index in [1.165, 1.54) is 19.3 Å². The summed E-state index contributed by atoms with van der Waals surface area (Å²) in [7, 11) is -0.580. The van der Waals surface area contributed by atoms with Gasteiger partial charge in [0.2, 0.25) is 0 Å². The van der Waals surface area contributed by atoms with Crippen LogP contribution < -0.4 is 0 Å². The zero-order valence-corrected chi connectivity index (χ0v) is 10.6. The second-order valence-corrected chi connectivity index (χ2v) is 2.45. The molecule has 1 unspecified atom stereocenters. The van der Waals surface area contributed by atoms with E-state index < -0.39 is 8.69 Å². The number of unbranched alkanes of at least 4 members (excludes halogenated alkanes) is 3. The van der Waals surface area contributed by atoms with Crippen LogP contribution in [0.1, 0.15) is 32.6 Å². The van der Waals surface area contributed by atoms with E-state index in [0.717, 1.165) is 6.42 Å². The molecule has 0 aromatic rings. The van der Waals surface area contributed by atoms with Crippen LogP contribution in [0.4, 0.5) is 0 Å². The third-order valence-electron chi connectivity index (χ3n) is 1.16. The average Bonchev–Trinajstić information content (AvgIpc) is 1.89. The zero-order valence-electron chi connectivity index (χ0n) is 6.35. The quantitative estimate of drug-likeness (QED) is 0.555. The Morgan fingerprint density at radius 1 is 1.30 bits per heavy atom. The first kappa shape index (κ1) is 14.0. The van der Waals surface area contributed by atoms with Gasteiger partial charge in [-0.05, 0) is 11.0 Å². The minimum absolute atomic E-state index is 0. The number of hydrogen-bond acceptors (Lipinski definition) is 2. The molecular formula is C6H14NdO2P+. The van der Waals surface area contributed by atoms with E-state index in [2.05, 4.69) is 11.4 Å². The average molecular weight is 293 g/mol. The summed E-state index contributed by atoms with van der Waals surface area (Å²) >= 11 is 0. The normalized spacial score (nSPS) is 9.30. The van der Waals surface area contributed by atoms with Crippen molar-refractivity contribution in [3.63, 3.8) is 0 Å². The topological polar surface area (TPSA) is 26.3 Å². The van der Waals surface area contributed by atoms with E-state index in [1.807, 2.05) is 0 Å². The van der Waals surface area contributed by atoms with Crippen molar-refractivity contribution >= 4 is 8.69 Å². The van der Waals surface area contributed by atoms with Crippen molar-refractivity contribution in [2.24, 2.45) is 0 Å². The van der Waals surface area contributed by atoms with Crippen LogP contribution in [-0.4, -0.2) is 6.61 Å². The van der Waals surface area contributed by atoms with E-state index in [0.29, 0.717) is 6.61 Å². The second-order valence-electron chi connectivity index (χ2n) is 1.99. The zero-order chi connectivity index (χ0) is 6.95. The maximum Gasteiger partial charge on any atom is 0.494 e. The minimum atomic E-state index is -0.580. The molecule has 4 heteroatoms. The smallest absolute Gasteiger partial charge is 0.148 e. The number of hydrogen-bond donors (Lipinski definition) is 0. The predicted molar refractivity (Wildman–Crippen MR) is 39.1 cm³/mol. The third-order valence-corrected chi connectivity index (χ3v) is 1.48. The van der Waals surface area contributed by atoms with E-state index in [-0.39, 0.29) is 40.8 Å². The van der Waals surface area contributed by atoms with Gasteiger partial charge in [0.1, 0.15) is 6.61 Å². The van der Waals surface area contributed by atoms with Gasteiger partial charge in [-0.25, -0.2) is 0 Å². The molecule has 0 radical (unpaired) electrons. The Morgan fingerprint density at radius 3 is 2.50 bits per heavy atom. The molecule has 58 valence electrons. The van der Waals surface area contributed by atoms with Crippen molar-refractivity contribution in [2.45, 2.75) is 32.6 Å². The molecule has 2 nitrogen and oxygen atoms in total. The van der Waals surface area contributed by atoms with Gasteiger partial charge in [-0.15, -0.1) is 4.52 Å². The van der Waals surface area contributed by atoms with Crippen LogP contribution in [0.15, 0.2) is 0 Å².